The molecule has 1 aromatic carbocycles. The first-order valence-electron chi connectivity index (χ1n) is 7.18. The highest BCUT2D eigenvalue weighted by Crippen LogP contribution is 2.31. The average Bonchev–Trinajstić information content (AvgIpc) is 2.93. The second-order valence-electron chi connectivity index (χ2n) is 5.45. The molecule has 0 saturated heterocycles. The van der Waals surface area contributed by atoms with Crippen LogP contribution >= 0.6 is 23.1 Å². The van der Waals surface area contributed by atoms with Crippen LogP contribution in [0.2, 0.25) is 0 Å². The van der Waals surface area contributed by atoms with Gasteiger partial charge in [-0.3, -0.25) is 9.59 Å². The molecule has 0 spiro atoms. The summed E-state index contributed by atoms with van der Waals surface area (Å²) in [5.41, 5.74) is 10.5. The van der Waals surface area contributed by atoms with Gasteiger partial charge < -0.3 is 11.1 Å². The topological polar surface area (TPSA) is 72.2 Å². The van der Waals surface area contributed by atoms with E-state index < -0.39 is 5.91 Å². The van der Waals surface area contributed by atoms with Gasteiger partial charge in [-0.2, -0.15) is 0 Å². The minimum Gasteiger partial charge on any atom is -0.366 e. The molecule has 0 atom stereocenters. The summed E-state index contributed by atoms with van der Waals surface area (Å²) in [6.07, 6.45) is 0. The molecule has 1 heterocycles. The number of rotatable bonds is 5. The van der Waals surface area contributed by atoms with E-state index in [1.807, 2.05) is 0 Å². The average molecular weight is 348 g/mol. The summed E-state index contributed by atoms with van der Waals surface area (Å²) in [4.78, 5) is 24.6. The molecular weight excluding hydrogens is 328 g/mol. The minimum atomic E-state index is -0.532. The Morgan fingerprint density at radius 1 is 1.17 bits per heavy atom. The predicted molar refractivity (Wildman–Crippen MR) is 97.6 cm³/mol. The summed E-state index contributed by atoms with van der Waals surface area (Å²) in [6.45, 7) is 8.31. The van der Waals surface area contributed by atoms with Crippen LogP contribution in [-0.4, -0.2) is 17.6 Å². The van der Waals surface area contributed by atoms with Gasteiger partial charge in [0.15, 0.2) is 0 Å². The number of hydrogen-bond acceptors (Lipinski definition) is 4. The second-order valence-corrected chi connectivity index (χ2v) is 7.36. The smallest absolute Gasteiger partial charge is 0.251 e. The van der Waals surface area contributed by atoms with Crippen molar-refractivity contribution in [3.05, 3.63) is 45.3 Å². The first-order chi connectivity index (χ1) is 10.8. The molecule has 1 aromatic heterocycles. The molecule has 2 amide bonds. The lowest BCUT2D eigenvalue weighted by atomic mass is 10.0. The molecule has 3 N–H and O–H groups in total. The number of hydrogen-bond donors (Lipinski definition) is 2. The molecule has 6 heteroatoms. The van der Waals surface area contributed by atoms with Crippen molar-refractivity contribution in [3.8, 4) is 0 Å². The number of amides is 2. The van der Waals surface area contributed by atoms with Gasteiger partial charge in [-0.1, -0.05) is 6.07 Å². The monoisotopic (exact) mass is 348 g/mol. The Morgan fingerprint density at radius 2 is 1.78 bits per heavy atom. The molecule has 0 radical (unpaired) electrons. The molecule has 0 aliphatic heterocycles. The lowest BCUT2D eigenvalue weighted by Crippen LogP contribution is -2.17. The van der Waals surface area contributed by atoms with Gasteiger partial charge in [0.1, 0.15) is 5.00 Å². The summed E-state index contributed by atoms with van der Waals surface area (Å²) in [7, 11) is 0. The van der Waals surface area contributed by atoms with Crippen molar-refractivity contribution in [2.24, 2.45) is 5.73 Å². The van der Waals surface area contributed by atoms with Crippen molar-refractivity contribution in [3.63, 3.8) is 0 Å². The molecule has 0 bridgehead atoms. The molecule has 0 unspecified atom stereocenters. The van der Waals surface area contributed by atoms with E-state index in [1.54, 1.807) is 11.4 Å². The zero-order valence-corrected chi connectivity index (χ0v) is 15.3. The Bertz CT molecular complexity index is 740. The molecule has 0 aliphatic rings. The molecule has 23 heavy (non-hydrogen) atoms. The van der Waals surface area contributed by atoms with E-state index in [-0.39, 0.29) is 5.91 Å². The van der Waals surface area contributed by atoms with Crippen LogP contribution in [0, 0.1) is 27.7 Å². The summed E-state index contributed by atoms with van der Waals surface area (Å²) in [6, 6.07) is 3.79. The Balaban J connectivity index is 2.08. The number of anilines is 1. The molecule has 122 valence electrons. The number of carbonyl (C=O) groups is 2. The van der Waals surface area contributed by atoms with E-state index >= 15 is 0 Å². The number of nitrogens with two attached hydrogens (primary N) is 1. The van der Waals surface area contributed by atoms with Crippen LogP contribution in [0.4, 0.5) is 5.00 Å². The quantitative estimate of drug-likeness (QED) is 0.807. The summed E-state index contributed by atoms with van der Waals surface area (Å²) in [5, 5.41) is 5.02. The van der Waals surface area contributed by atoms with Gasteiger partial charge in [-0.25, -0.2) is 0 Å². The van der Waals surface area contributed by atoms with Crippen molar-refractivity contribution in [2.75, 3.05) is 11.1 Å². The van der Waals surface area contributed by atoms with Gasteiger partial charge in [-0.15, -0.1) is 23.1 Å². The van der Waals surface area contributed by atoms with Gasteiger partial charge in [0.25, 0.3) is 5.91 Å². The fraction of sp³-hybridized carbons (Fsp3) is 0.294. The summed E-state index contributed by atoms with van der Waals surface area (Å²) >= 11 is 2.82. The molecule has 0 aliphatic carbocycles. The van der Waals surface area contributed by atoms with E-state index in [0.717, 1.165) is 4.90 Å². The Labute approximate surface area is 144 Å². The van der Waals surface area contributed by atoms with Gasteiger partial charge in [0, 0.05) is 4.90 Å². The highest BCUT2D eigenvalue weighted by molar-refractivity contribution is 8.00. The van der Waals surface area contributed by atoms with Crippen molar-refractivity contribution in [2.45, 2.75) is 32.6 Å². The SMILES string of the molecule is Cc1cc(C)c(C)c(SCC(=O)Nc2sccc2C(N)=O)c1C. The van der Waals surface area contributed by atoms with E-state index in [9.17, 15) is 9.59 Å². The third kappa shape index (κ3) is 3.95. The fourth-order valence-electron chi connectivity index (χ4n) is 2.30. The molecule has 0 fully saturated rings. The van der Waals surface area contributed by atoms with E-state index in [4.69, 9.17) is 5.73 Å². The standard InChI is InChI=1S/C17H20N2O2S2/c1-9-7-10(2)12(4)15(11(9)3)23-8-14(20)19-17-13(16(18)21)5-6-22-17/h5-7H,8H2,1-4H3,(H2,18,21)(H,19,20). The highest BCUT2D eigenvalue weighted by Gasteiger charge is 2.14. The highest BCUT2D eigenvalue weighted by atomic mass is 32.2. The van der Waals surface area contributed by atoms with E-state index in [1.165, 1.54) is 45.4 Å². The van der Waals surface area contributed by atoms with Gasteiger partial charge in [-0.05, 0) is 61.4 Å². The third-order valence-corrected chi connectivity index (χ3v) is 5.97. The Kier molecular flexibility index (Phi) is 5.49. The van der Waals surface area contributed by atoms with Crippen molar-refractivity contribution < 1.29 is 9.59 Å². The Hall–Kier alpha value is -1.79. The molecular formula is C17H20N2O2S2. The van der Waals surface area contributed by atoms with Crippen LogP contribution in [0.5, 0.6) is 0 Å². The third-order valence-electron chi connectivity index (χ3n) is 3.83. The van der Waals surface area contributed by atoms with Crippen LogP contribution in [0.25, 0.3) is 0 Å². The van der Waals surface area contributed by atoms with Crippen LogP contribution in [0.15, 0.2) is 22.4 Å². The zero-order chi connectivity index (χ0) is 17.1. The normalized spacial score (nSPS) is 10.6. The number of primary amides is 1. The summed E-state index contributed by atoms with van der Waals surface area (Å²) in [5.74, 6) is -0.381. The first-order valence-corrected chi connectivity index (χ1v) is 9.05. The number of aryl methyl sites for hydroxylation is 2. The Morgan fingerprint density at radius 3 is 2.35 bits per heavy atom. The molecule has 0 saturated carbocycles. The maximum Gasteiger partial charge on any atom is 0.251 e. The largest absolute Gasteiger partial charge is 0.366 e. The van der Waals surface area contributed by atoms with Gasteiger partial charge >= 0.3 is 0 Å². The van der Waals surface area contributed by atoms with Crippen LogP contribution in [0.3, 0.4) is 0 Å². The number of benzene rings is 1. The maximum atomic E-state index is 12.2. The maximum absolute atomic E-state index is 12.2. The second kappa shape index (κ2) is 7.19. The minimum absolute atomic E-state index is 0.141. The van der Waals surface area contributed by atoms with Crippen LogP contribution < -0.4 is 11.1 Å². The predicted octanol–water partition coefficient (Wildman–Crippen LogP) is 3.81. The van der Waals surface area contributed by atoms with Crippen LogP contribution in [-0.2, 0) is 4.79 Å². The number of nitrogens with one attached hydrogen (secondary N) is 1. The van der Waals surface area contributed by atoms with E-state index in [0.29, 0.717) is 16.3 Å². The van der Waals surface area contributed by atoms with Gasteiger partial charge in [0.05, 0.1) is 11.3 Å². The number of carbonyl (C=O) groups excluding carboxylic acids is 2. The van der Waals surface area contributed by atoms with Crippen molar-refractivity contribution in [1.29, 1.82) is 0 Å². The van der Waals surface area contributed by atoms with Crippen molar-refractivity contribution in [1.82, 2.24) is 0 Å². The first kappa shape index (κ1) is 17.6. The lowest BCUT2D eigenvalue weighted by molar-refractivity contribution is -0.113. The molecule has 2 aromatic rings. The summed E-state index contributed by atoms with van der Waals surface area (Å²) < 4.78 is 0. The molecule has 2 rings (SSSR count). The fourth-order valence-corrected chi connectivity index (χ4v) is 4.21. The number of thioether (sulfide) groups is 1. The lowest BCUT2D eigenvalue weighted by Gasteiger charge is -2.14. The van der Waals surface area contributed by atoms with Crippen LogP contribution in [0.1, 0.15) is 32.6 Å². The van der Waals surface area contributed by atoms with Gasteiger partial charge in [0.2, 0.25) is 5.91 Å². The van der Waals surface area contributed by atoms with E-state index in [2.05, 4.69) is 39.1 Å². The number of thiophene rings is 1. The molecule has 4 nitrogen and oxygen atoms in total. The zero-order valence-electron chi connectivity index (χ0n) is 13.6. The van der Waals surface area contributed by atoms with Crippen molar-refractivity contribution >= 4 is 39.9 Å².